The van der Waals surface area contributed by atoms with Crippen molar-refractivity contribution < 1.29 is 14.3 Å². The van der Waals surface area contributed by atoms with Crippen LogP contribution in [-0.4, -0.2) is 25.5 Å². The normalized spacial score (nSPS) is 25.0. The Morgan fingerprint density at radius 3 is 2.63 bits per heavy atom. The van der Waals surface area contributed by atoms with Crippen LogP contribution < -0.4 is 5.32 Å². The molecule has 0 aliphatic heterocycles. The minimum absolute atomic E-state index is 0.0705. The van der Waals surface area contributed by atoms with Gasteiger partial charge < -0.3 is 10.1 Å². The zero-order valence-electron chi connectivity index (χ0n) is 11.6. The first-order valence-corrected chi connectivity index (χ1v) is 7.19. The van der Waals surface area contributed by atoms with Crippen molar-refractivity contribution in [2.75, 3.05) is 13.7 Å². The Labute approximate surface area is 114 Å². The van der Waals surface area contributed by atoms with E-state index in [4.69, 9.17) is 4.74 Å². The molecule has 1 saturated carbocycles. The van der Waals surface area contributed by atoms with Crippen LogP contribution in [0.5, 0.6) is 0 Å². The van der Waals surface area contributed by atoms with Gasteiger partial charge in [0, 0.05) is 12.5 Å². The van der Waals surface area contributed by atoms with Crippen molar-refractivity contribution in [1.82, 2.24) is 5.32 Å². The summed E-state index contributed by atoms with van der Waals surface area (Å²) >= 11 is 0. The van der Waals surface area contributed by atoms with Crippen LogP contribution in [0.3, 0.4) is 0 Å². The summed E-state index contributed by atoms with van der Waals surface area (Å²) in [4.78, 5) is 24.1. The highest BCUT2D eigenvalue weighted by atomic mass is 16.5. The number of carbonyl (C=O) groups is 2. The number of esters is 1. The zero-order chi connectivity index (χ0) is 13.7. The van der Waals surface area contributed by atoms with Gasteiger partial charge in [0.15, 0.2) is 0 Å². The molecule has 106 valence electrons. The standard InChI is InChI=1S/C15H23NO3/c1-19-14(18)15(9-5-6-10-15)11-16-13(17)12-7-3-2-4-8-12/h2-3,12H,4-11H2,1H3,(H,16,17)/t12-/m1/s1. The van der Waals surface area contributed by atoms with Crippen LogP contribution >= 0.6 is 0 Å². The van der Waals surface area contributed by atoms with E-state index in [1.165, 1.54) is 7.11 Å². The quantitative estimate of drug-likeness (QED) is 0.626. The van der Waals surface area contributed by atoms with Crippen LogP contribution in [0.25, 0.3) is 0 Å². The molecular weight excluding hydrogens is 242 g/mol. The topological polar surface area (TPSA) is 55.4 Å². The highest BCUT2D eigenvalue weighted by molar-refractivity contribution is 5.81. The van der Waals surface area contributed by atoms with Gasteiger partial charge in [-0.25, -0.2) is 0 Å². The third kappa shape index (κ3) is 3.17. The van der Waals surface area contributed by atoms with Crippen LogP contribution in [0, 0.1) is 11.3 Å². The molecule has 1 N–H and O–H groups in total. The summed E-state index contributed by atoms with van der Waals surface area (Å²) in [6.45, 7) is 0.429. The summed E-state index contributed by atoms with van der Waals surface area (Å²) in [6, 6.07) is 0. The molecular formula is C15H23NO3. The fraction of sp³-hybridized carbons (Fsp3) is 0.733. The Morgan fingerprint density at radius 2 is 2.05 bits per heavy atom. The first kappa shape index (κ1) is 14.1. The lowest BCUT2D eigenvalue weighted by Crippen LogP contribution is -2.43. The summed E-state index contributed by atoms with van der Waals surface area (Å²) in [6.07, 6.45) is 10.6. The van der Waals surface area contributed by atoms with Gasteiger partial charge in [-0.05, 0) is 32.1 Å². The molecule has 4 nitrogen and oxygen atoms in total. The third-order valence-electron chi connectivity index (χ3n) is 4.42. The van der Waals surface area contributed by atoms with Gasteiger partial charge in [-0.3, -0.25) is 9.59 Å². The van der Waals surface area contributed by atoms with E-state index in [1.54, 1.807) is 0 Å². The fourth-order valence-electron chi connectivity index (χ4n) is 3.15. The van der Waals surface area contributed by atoms with E-state index in [0.29, 0.717) is 6.54 Å². The third-order valence-corrected chi connectivity index (χ3v) is 4.42. The maximum absolute atomic E-state index is 12.1. The Hall–Kier alpha value is -1.32. The molecule has 0 aromatic carbocycles. The maximum atomic E-state index is 12.1. The predicted molar refractivity (Wildman–Crippen MR) is 72.4 cm³/mol. The smallest absolute Gasteiger partial charge is 0.313 e. The highest BCUT2D eigenvalue weighted by Gasteiger charge is 2.42. The Bertz CT molecular complexity index is 370. The minimum Gasteiger partial charge on any atom is -0.469 e. The van der Waals surface area contributed by atoms with Crippen LogP contribution in [0.4, 0.5) is 0 Å². The monoisotopic (exact) mass is 265 g/mol. The van der Waals surface area contributed by atoms with E-state index in [9.17, 15) is 9.59 Å². The molecule has 2 rings (SSSR count). The van der Waals surface area contributed by atoms with E-state index >= 15 is 0 Å². The number of methoxy groups -OCH3 is 1. The van der Waals surface area contributed by atoms with Gasteiger partial charge in [-0.2, -0.15) is 0 Å². The van der Waals surface area contributed by atoms with Crippen molar-refractivity contribution in [2.45, 2.75) is 44.9 Å². The first-order valence-electron chi connectivity index (χ1n) is 7.19. The highest BCUT2D eigenvalue weighted by Crippen LogP contribution is 2.38. The summed E-state index contributed by atoms with van der Waals surface area (Å²) in [5.74, 6) is -0.0190. The van der Waals surface area contributed by atoms with Gasteiger partial charge >= 0.3 is 5.97 Å². The average molecular weight is 265 g/mol. The summed E-state index contributed by atoms with van der Waals surface area (Å²) in [5, 5.41) is 2.98. The lowest BCUT2D eigenvalue weighted by Gasteiger charge is -2.27. The second-order valence-corrected chi connectivity index (χ2v) is 5.68. The molecule has 4 heteroatoms. The average Bonchev–Trinajstić information content (AvgIpc) is 2.95. The van der Waals surface area contributed by atoms with E-state index < -0.39 is 5.41 Å². The SMILES string of the molecule is COC(=O)C1(CNC(=O)[C@@H]2CC=CCC2)CCCC1. The minimum atomic E-state index is -0.477. The molecule has 2 aliphatic carbocycles. The second kappa shape index (κ2) is 6.22. The predicted octanol–water partition coefficient (Wildman–Crippen LogP) is 2.19. The van der Waals surface area contributed by atoms with Crippen molar-refractivity contribution in [3.05, 3.63) is 12.2 Å². The van der Waals surface area contributed by atoms with Crippen molar-refractivity contribution in [3.8, 4) is 0 Å². The lowest BCUT2D eigenvalue weighted by molar-refractivity contribution is -0.152. The summed E-state index contributed by atoms with van der Waals surface area (Å²) in [7, 11) is 1.43. The van der Waals surface area contributed by atoms with Crippen LogP contribution in [0.1, 0.15) is 44.9 Å². The molecule has 2 aliphatic rings. The first-order chi connectivity index (χ1) is 9.18. The van der Waals surface area contributed by atoms with Gasteiger partial charge in [-0.1, -0.05) is 25.0 Å². The Kier molecular flexibility index (Phi) is 4.61. The van der Waals surface area contributed by atoms with Crippen molar-refractivity contribution in [2.24, 2.45) is 11.3 Å². The molecule has 0 aromatic heterocycles. The van der Waals surface area contributed by atoms with Crippen molar-refractivity contribution >= 4 is 11.9 Å². The van der Waals surface area contributed by atoms with Crippen LogP contribution in [-0.2, 0) is 14.3 Å². The van der Waals surface area contributed by atoms with Crippen LogP contribution in [0.2, 0.25) is 0 Å². The Morgan fingerprint density at radius 1 is 1.32 bits per heavy atom. The molecule has 1 fully saturated rings. The summed E-state index contributed by atoms with van der Waals surface area (Å²) < 4.78 is 4.91. The van der Waals surface area contributed by atoms with E-state index in [1.807, 2.05) is 0 Å². The number of hydrogen-bond acceptors (Lipinski definition) is 3. The number of hydrogen-bond donors (Lipinski definition) is 1. The molecule has 0 radical (unpaired) electrons. The molecule has 1 amide bonds. The Balaban J connectivity index is 1.90. The van der Waals surface area contributed by atoms with Gasteiger partial charge in [0.2, 0.25) is 5.91 Å². The van der Waals surface area contributed by atoms with Crippen molar-refractivity contribution in [3.63, 3.8) is 0 Å². The molecule has 0 unspecified atom stereocenters. The second-order valence-electron chi connectivity index (χ2n) is 5.68. The van der Waals surface area contributed by atoms with E-state index in [-0.39, 0.29) is 17.8 Å². The number of amides is 1. The molecule has 0 spiro atoms. The number of ether oxygens (including phenoxy) is 1. The maximum Gasteiger partial charge on any atom is 0.313 e. The number of rotatable bonds is 4. The largest absolute Gasteiger partial charge is 0.469 e. The van der Waals surface area contributed by atoms with Gasteiger partial charge in [-0.15, -0.1) is 0 Å². The zero-order valence-corrected chi connectivity index (χ0v) is 11.6. The van der Waals surface area contributed by atoms with E-state index in [2.05, 4.69) is 17.5 Å². The number of nitrogens with one attached hydrogen (secondary N) is 1. The summed E-state index contributed by atoms with van der Waals surface area (Å²) in [5.41, 5.74) is -0.477. The number of carbonyl (C=O) groups excluding carboxylic acids is 2. The molecule has 19 heavy (non-hydrogen) atoms. The fourth-order valence-corrected chi connectivity index (χ4v) is 3.15. The number of allylic oxidation sites excluding steroid dienone is 2. The molecule has 0 bridgehead atoms. The van der Waals surface area contributed by atoms with Gasteiger partial charge in [0.25, 0.3) is 0 Å². The van der Waals surface area contributed by atoms with E-state index in [0.717, 1.165) is 44.9 Å². The van der Waals surface area contributed by atoms with Gasteiger partial charge in [0.05, 0.1) is 12.5 Å². The molecule has 0 saturated heterocycles. The van der Waals surface area contributed by atoms with Gasteiger partial charge in [0.1, 0.15) is 0 Å². The van der Waals surface area contributed by atoms with Crippen molar-refractivity contribution in [1.29, 1.82) is 0 Å². The lowest BCUT2D eigenvalue weighted by atomic mass is 9.85. The molecule has 0 heterocycles. The molecule has 0 aromatic rings. The molecule has 1 atom stereocenters. The van der Waals surface area contributed by atoms with Crippen LogP contribution in [0.15, 0.2) is 12.2 Å².